The van der Waals surface area contributed by atoms with E-state index in [4.69, 9.17) is 0 Å². The molecule has 3 rings (SSSR count). The first-order chi connectivity index (χ1) is 9.99. The summed E-state index contributed by atoms with van der Waals surface area (Å²) in [5.41, 5.74) is 4.21. The summed E-state index contributed by atoms with van der Waals surface area (Å²) in [5, 5.41) is 17.4. The molecule has 21 heavy (non-hydrogen) atoms. The first-order valence-electron chi connectivity index (χ1n) is 7.06. The number of carbonyl (C=O) groups excluding carboxylic acids is 1. The molecule has 0 saturated carbocycles. The van der Waals surface area contributed by atoms with Crippen LogP contribution in [0.2, 0.25) is 0 Å². The van der Waals surface area contributed by atoms with Gasteiger partial charge in [-0.05, 0) is 25.0 Å². The number of nitrogens with zero attached hydrogens (tertiary/aromatic N) is 2. The van der Waals surface area contributed by atoms with Gasteiger partial charge in [0.15, 0.2) is 0 Å². The lowest BCUT2D eigenvalue weighted by molar-refractivity contribution is 0.0857. The average Bonchev–Trinajstić information content (AvgIpc) is 2.88. The van der Waals surface area contributed by atoms with Crippen LogP contribution in [0.15, 0.2) is 24.3 Å². The molecule has 0 bridgehead atoms. The Balaban J connectivity index is 1.89. The van der Waals surface area contributed by atoms with Crippen LogP contribution in [0.4, 0.5) is 0 Å². The second-order valence-electron chi connectivity index (χ2n) is 5.59. The average molecular weight is 285 g/mol. The van der Waals surface area contributed by atoms with Crippen LogP contribution < -0.4 is 5.32 Å². The monoisotopic (exact) mass is 285 g/mol. The van der Waals surface area contributed by atoms with Crippen molar-refractivity contribution in [2.45, 2.75) is 32.4 Å². The van der Waals surface area contributed by atoms with Crippen molar-refractivity contribution >= 4 is 5.91 Å². The van der Waals surface area contributed by atoms with Gasteiger partial charge in [0, 0.05) is 19.2 Å². The maximum Gasteiger partial charge on any atom is 0.255 e. The van der Waals surface area contributed by atoms with Crippen LogP contribution in [0.5, 0.6) is 0 Å². The number of amides is 1. The van der Waals surface area contributed by atoms with Gasteiger partial charge in [-0.25, -0.2) is 0 Å². The van der Waals surface area contributed by atoms with E-state index < -0.39 is 6.10 Å². The fourth-order valence-corrected chi connectivity index (χ4v) is 3.06. The fraction of sp³-hybridized carbons (Fsp3) is 0.375. The van der Waals surface area contributed by atoms with Gasteiger partial charge < -0.3 is 10.4 Å². The minimum atomic E-state index is -0.580. The lowest BCUT2D eigenvalue weighted by Gasteiger charge is -2.18. The van der Waals surface area contributed by atoms with Crippen molar-refractivity contribution in [1.29, 1.82) is 0 Å². The van der Waals surface area contributed by atoms with Crippen LogP contribution in [-0.2, 0) is 13.5 Å². The zero-order valence-electron chi connectivity index (χ0n) is 12.4. The van der Waals surface area contributed by atoms with E-state index >= 15 is 0 Å². The quantitative estimate of drug-likeness (QED) is 0.877. The van der Waals surface area contributed by atoms with Crippen molar-refractivity contribution in [2.75, 3.05) is 0 Å². The van der Waals surface area contributed by atoms with Crippen LogP contribution in [0, 0.1) is 13.8 Å². The van der Waals surface area contributed by atoms with E-state index in [1.54, 1.807) is 4.68 Å². The molecule has 2 unspecified atom stereocenters. The Morgan fingerprint density at radius 3 is 2.76 bits per heavy atom. The first kappa shape index (κ1) is 13.8. The molecule has 2 aromatic rings. The largest absolute Gasteiger partial charge is 0.390 e. The molecule has 0 fully saturated rings. The number of aryl methyl sites for hydroxylation is 2. The summed E-state index contributed by atoms with van der Waals surface area (Å²) in [6.45, 7) is 3.69. The van der Waals surface area contributed by atoms with Crippen molar-refractivity contribution in [3.8, 4) is 0 Å². The van der Waals surface area contributed by atoms with Gasteiger partial charge in [-0.2, -0.15) is 5.10 Å². The van der Waals surface area contributed by atoms with Gasteiger partial charge in [-0.3, -0.25) is 9.48 Å². The third kappa shape index (κ3) is 2.23. The number of hydrogen-bond donors (Lipinski definition) is 2. The Kier molecular flexibility index (Phi) is 3.29. The molecule has 1 aromatic carbocycles. The number of rotatable bonds is 2. The standard InChI is InChI=1S/C16H19N3O2/c1-9-14(10(2)19(3)18-9)16(21)17-15-12-7-5-4-6-11(12)8-13(15)20/h4-7,13,15,20H,8H2,1-3H3,(H,17,21). The van der Waals surface area contributed by atoms with Crippen molar-refractivity contribution in [1.82, 2.24) is 15.1 Å². The summed E-state index contributed by atoms with van der Waals surface area (Å²) in [4.78, 5) is 12.5. The Hall–Kier alpha value is -2.14. The maximum absolute atomic E-state index is 12.5. The number of nitrogens with one attached hydrogen (secondary N) is 1. The normalized spacial score (nSPS) is 20.4. The molecule has 0 aliphatic heterocycles. The number of carbonyl (C=O) groups is 1. The van der Waals surface area contributed by atoms with Gasteiger partial charge in [0.2, 0.25) is 0 Å². The first-order valence-corrected chi connectivity index (χ1v) is 7.06. The molecule has 0 spiro atoms. The highest BCUT2D eigenvalue weighted by Crippen LogP contribution is 2.31. The molecule has 5 nitrogen and oxygen atoms in total. The summed E-state index contributed by atoms with van der Waals surface area (Å²) in [6.07, 6.45) is -0.00445. The Labute approximate surface area is 123 Å². The van der Waals surface area contributed by atoms with Gasteiger partial charge in [0.25, 0.3) is 5.91 Å². The third-order valence-electron chi connectivity index (χ3n) is 4.23. The summed E-state index contributed by atoms with van der Waals surface area (Å²) >= 11 is 0. The lowest BCUT2D eigenvalue weighted by atomic mass is 10.1. The third-order valence-corrected chi connectivity index (χ3v) is 4.23. The van der Waals surface area contributed by atoms with Crippen LogP contribution in [0.1, 0.15) is 38.9 Å². The highest BCUT2D eigenvalue weighted by molar-refractivity contribution is 5.96. The molecule has 1 aliphatic rings. The molecule has 2 atom stereocenters. The summed E-state index contributed by atoms with van der Waals surface area (Å²) in [6, 6.07) is 7.47. The van der Waals surface area contributed by atoms with E-state index in [1.807, 2.05) is 45.2 Å². The minimum absolute atomic E-state index is 0.182. The van der Waals surface area contributed by atoms with Crippen LogP contribution in [-0.4, -0.2) is 26.9 Å². The maximum atomic E-state index is 12.5. The Morgan fingerprint density at radius 2 is 2.10 bits per heavy atom. The zero-order valence-corrected chi connectivity index (χ0v) is 12.4. The molecule has 1 aliphatic carbocycles. The van der Waals surface area contributed by atoms with Crippen LogP contribution in [0.3, 0.4) is 0 Å². The molecular formula is C16H19N3O2. The molecule has 1 amide bonds. The van der Waals surface area contributed by atoms with Gasteiger partial charge >= 0.3 is 0 Å². The van der Waals surface area contributed by atoms with Crippen molar-refractivity contribution < 1.29 is 9.90 Å². The molecular weight excluding hydrogens is 266 g/mol. The van der Waals surface area contributed by atoms with E-state index in [0.29, 0.717) is 17.7 Å². The Morgan fingerprint density at radius 1 is 1.38 bits per heavy atom. The second-order valence-corrected chi connectivity index (χ2v) is 5.59. The zero-order chi connectivity index (χ0) is 15.1. The van der Waals surface area contributed by atoms with Crippen molar-refractivity contribution in [3.05, 3.63) is 52.3 Å². The molecule has 2 N–H and O–H groups in total. The van der Waals surface area contributed by atoms with Gasteiger partial charge in [-0.1, -0.05) is 24.3 Å². The summed E-state index contributed by atoms with van der Waals surface area (Å²) < 4.78 is 1.70. The molecule has 0 radical (unpaired) electrons. The predicted molar refractivity (Wildman–Crippen MR) is 79.0 cm³/mol. The van der Waals surface area contributed by atoms with Gasteiger partial charge in [0.05, 0.1) is 23.4 Å². The molecule has 5 heteroatoms. The van der Waals surface area contributed by atoms with E-state index in [9.17, 15) is 9.90 Å². The highest BCUT2D eigenvalue weighted by Gasteiger charge is 2.33. The summed E-state index contributed by atoms with van der Waals surface area (Å²) in [7, 11) is 1.82. The number of aliphatic hydroxyl groups excluding tert-OH is 1. The Bertz CT molecular complexity index is 706. The van der Waals surface area contributed by atoms with E-state index in [1.165, 1.54) is 0 Å². The fourth-order valence-electron chi connectivity index (χ4n) is 3.06. The molecule has 110 valence electrons. The van der Waals surface area contributed by atoms with Gasteiger partial charge in [-0.15, -0.1) is 0 Å². The van der Waals surface area contributed by atoms with E-state index in [2.05, 4.69) is 10.4 Å². The molecule has 1 aromatic heterocycles. The number of fused-ring (bicyclic) bond motifs is 1. The van der Waals surface area contributed by atoms with Crippen LogP contribution in [0.25, 0.3) is 0 Å². The number of benzene rings is 1. The molecule has 1 heterocycles. The summed E-state index contributed by atoms with van der Waals surface area (Å²) in [5.74, 6) is -0.182. The van der Waals surface area contributed by atoms with Crippen molar-refractivity contribution in [3.63, 3.8) is 0 Å². The van der Waals surface area contributed by atoms with E-state index in [-0.39, 0.29) is 11.9 Å². The van der Waals surface area contributed by atoms with Crippen molar-refractivity contribution in [2.24, 2.45) is 7.05 Å². The molecule has 0 saturated heterocycles. The smallest absolute Gasteiger partial charge is 0.255 e. The lowest BCUT2D eigenvalue weighted by Crippen LogP contribution is -2.34. The van der Waals surface area contributed by atoms with Crippen LogP contribution >= 0.6 is 0 Å². The highest BCUT2D eigenvalue weighted by atomic mass is 16.3. The number of aliphatic hydroxyl groups is 1. The number of hydrogen-bond acceptors (Lipinski definition) is 3. The second kappa shape index (κ2) is 5.00. The van der Waals surface area contributed by atoms with E-state index in [0.717, 1.165) is 16.8 Å². The minimum Gasteiger partial charge on any atom is -0.390 e. The van der Waals surface area contributed by atoms with Gasteiger partial charge in [0.1, 0.15) is 0 Å². The predicted octanol–water partition coefficient (Wildman–Crippen LogP) is 1.43. The number of aromatic nitrogens is 2. The SMILES string of the molecule is Cc1nn(C)c(C)c1C(=O)NC1c2ccccc2CC1O. The topological polar surface area (TPSA) is 67.2 Å².